The highest BCUT2D eigenvalue weighted by Gasteiger charge is 2.08. The molecule has 0 saturated heterocycles. The minimum atomic E-state index is 0.0693. The van der Waals surface area contributed by atoms with Crippen LogP contribution >= 0.6 is 0 Å². The van der Waals surface area contributed by atoms with Gasteiger partial charge in [-0.15, -0.1) is 6.58 Å². The first kappa shape index (κ1) is 11.5. The maximum absolute atomic E-state index is 8.84. The van der Waals surface area contributed by atoms with Crippen molar-refractivity contribution >= 4 is 0 Å². The van der Waals surface area contributed by atoms with E-state index < -0.39 is 0 Å². The lowest BCUT2D eigenvalue weighted by Gasteiger charge is -2.12. The van der Waals surface area contributed by atoms with E-state index >= 15 is 0 Å². The van der Waals surface area contributed by atoms with Crippen molar-refractivity contribution in [2.24, 2.45) is 0 Å². The van der Waals surface area contributed by atoms with Gasteiger partial charge in [-0.1, -0.05) is 25.5 Å². The standard InChI is InChI=1S/C14H16N/c1-4-6-13-8-7-12(10-15)9-14(13)11(3)5-2/h5,7-9,11H,2-4,6H2,1H3. The zero-order valence-electron chi connectivity index (χ0n) is 9.16. The van der Waals surface area contributed by atoms with Gasteiger partial charge in [-0.3, -0.25) is 0 Å². The number of rotatable bonds is 4. The number of hydrogen-bond donors (Lipinski definition) is 0. The summed E-state index contributed by atoms with van der Waals surface area (Å²) in [7, 11) is 0. The van der Waals surface area contributed by atoms with Gasteiger partial charge in [0.1, 0.15) is 0 Å². The summed E-state index contributed by atoms with van der Waals surface area (Å²) in [5.41, 5.74) is 3.10. The molecule has 0 aliphatic heterocycles. The van der Waals surface area contributed by atoms with Gasteiger partial charge in [0, 0.05) is 5.92 Å². The van der Waals surface area contributed by atoms with Gasteiger partial charge in [-0.05, 0) is 36.6 Å². The molecule has 0 aromatic heterocycles. The van der Waals surface area contributed by atoms with Crippen molar-refractivity contribution in [1.82, 2.24) is 0 Å². The van der Waals surface area contributed by atoms with Crippen LogP contribution in [0.1, 0.15) is 36.0 Å². The van der Waals surface area contributed by atoms with Crippen molar-refractivity contribution < 1.29 is 0 Å². The molecule has 1 nitrogen and oxygen atoms in total. The maximum atomic E-state index is 8.84. The lowest BCUT2D eigenvalue weighted by molar-refractivity contribution is 0.891. The van der Waals surface area contributed by atoms with E-state index in [1.807, 2.05) is 24.3 Å². The Kier molecular flexibility index (Phi) is 4.12. The van der Waals surface area contributed by atoms with Gasteiger partial charge in [0.25, 0.3) is 0 Å². The van der Waals surface area contributed by atoms with E-state index in [0.717, 1.165) is 18.4 Å². The molecular formula is C14H16N. The molecule has 1 atom stereocenters. The van der Waals surface area contributed by atoms with Crippen molar-refractivity contribution in [3.05, 3.63) is 54.5 Å². The molecule has 1 aromatic rings. The van der Waals surface area contributed by atoms with E-state index in [1.165, 1.54) is 5.56 Å². The summed E-state index contributed by atoms with van der Waals surface area (Å²) in [6.45, 7) is 9.91. The number of nitriles is 1. The minimum absolute atomic E-state index is 0.0693. The van der Waals surface area contributed by atoms with E-state index in [9.17, 15) is 0 Å². The Bertz CT molecular complexity index is 385. The maximum Gasteiger partial charge on any atom is 0.0991 e. The fraction of sp³-hybridized carbons (Fsp3) is 0.286. The molecule has 0 saturated carbocycles. The summed E-state index contributed by atoms with van der Waals surface area (Å²) in [5, 5.41) is 8.84. The molecule has 0 amide bonds. The van der Waals surface area contributed by atoms with Crippen LogP contribution in [-0.2, 0) is 6.42 Å². The minimum Gasteiger partial charge on any atom is -0.192 e. The zero-order valence-corrected chi connectivity index (χ0v) is 9.16. The topological polar surface area (TPSA) is 23.8 Å². The summed E-state index contributed by atoms with van der Waals surface area (Å²) in [6, 6.07) is 7.97. The van der Waals surface area contributed by atoms with Crippen LogP contribution < -0.4 is 0 Å². The van der Waals surface area contributed by atoms with Crippen LogP contribution in [0.15, 0.2) is 30.9 Å². The molecule has 1 aromatic carbocycles. The molecule has 1 rings (SSSR count). The fourth-order valence-corrected chi connectivity index (χ4v) is 1.63. The molecule has 0 spiro atoms. The van der Waals surface area contributed by atoms with Gasteiger partial charge >= 0.3 is 0 Å². The Morgan fingerprint density at radius 2 is 2.27 bits per heavy atom. The number of aryl methyl sites for hydroxylation is 1. The van der Waals surface area contributed by atoms with Crippen molar-refractivity contribution in [2.75, 3.05) is 0 Å². The molecule has 1 heteroatoms. The lowest BCUT2D eigenvalue weighted by Crippen LogP contribution is -1.98. The second kappa shape index (κ2) is 5.36. The lowest BCUT2D eigenvalue weighted by atomic mass is 9.92. The van der Waals surface area contributed by atoms with Gasteiger partial charge in [0.05, 0.1) is 11.6 Å². The molecule has 0 aliphatic rings. The largest absolute Gasteiger partial charge is 0.192 e. The highest BCUT2D eigenvalue weighted by Crippen LogP contribution is 2.23. The van der Waals surface area contributed by atoms with Gasteiger partial charge in [-0.25, -0.2) is 0 Å². The van der Waals surface area contributed by atoms with Crippen LogP contribution in [0, 0.1) is 18.3 Å². The highest BCUT2D eigenvalue weighted by molar-refractivity contribution is 5.41. The fourth-order valence-electron chi connectivity index (χ4n) is 1.63. The Labute approximate surface area is 92.1 Å². The third kappa shape index (κ3) is 2.70. The van der Waals surface area contributed by atoms with Crippen LogP contribution in [0.3, 0.4) is 0 Å². The van der Waals surface area contributed by atoms with Crippen molar-refractivity contribution in [3.8, 4) is 6.07 Å². The van der Waals surface area contributed by atoms with Crippen LogP contribution in [0.2, 0.25) is 0 Å². The summed E-state index contributed by atoms with van der Waals surface area (Å²) in [6.07, 6.45) is 3.94. The molecule has 1 unspecified atom stereocenters. The Morgan fingerprint density at radius 3 is 2.80 bits per heavy atom. The summed E-state index contributed by atoms with van der Waals surface area (Å²) in [4.78, 5) is 0. The molecule has 0 fully saturated rings. The summed E-state index contributed by atoms with van der Waals surface area (Å²) in [5.74, 6) is 0.0693. The van der Waals surface area contributed by atoms with Crippen molar-refractivity contribution in [2.45, 2.75) is 25.7 Å². The number of nitrogens with zero attached hydrogens (tertiary/aromatic N) is 1. The summed E-state index contributed by atoms with van der Waals surface area (Å²) >= 11 is 0. The average Bonchev–Trinajstić information content (AvgIpc) is 2.29. The van der Waals surface area contributed by atoms with E-state index in [2.05, 4.69) is 26.5 Å². The second-order valence-corrected chi connectivity index (χ2v) is 3.62. The monoisotopic (exact) mass is 198 g/mol. The van der Waals surface area contributed by atoms with Crippen molar-refractivity contribution in [1.29, 1.82) is 5.26 Å². The third-order valence-corrected chi connectivity index (χ3v) is 2.48. The molecule has 15 heavy (non-hydrogen) atoms. The van der Waals surface area contributed by atoms with E-state index in [0.29, 0.717) is 5.56 Å². The number of hydrogen-bond acceptors (Lipinski definition) is 1. The average molecular weight is 198 g/mol. The molecular weight excluding hydrogens is 182 g/mol. The predicted octanol–water partition coefficient (Wildman–Crippen LogP) is 3.61. The van der Waals surface area contributed by atoms with Crippen molar-refractivity contribution in [3.63, 3.8) is 0 Å². The zero-order chi connectivity index (χ0) is 11.3. The molecule has 0 aliphatic carbocycles. The van der Waals surface area contributed by atoms with Crippen LogP contribution in [0.5, 0.6) is 0 Å². The van der Waals surface area contributed by atoms with Gasteiger partial charge in [0.15, 0.2) is 0 Å². The quantitative estimate of drug-likeness (QED) is 0.678. The van der Waals surface area contributed by atoms with E-state index in [4.69, 9.17) is 5.26 Å². The van der Waals surface area contributed by atoms with E-state index in [-0.39, 0.29) is 5.92 Å². The second-order valence-electron chi connectivity index (χ2n) is 3.62. The van der Waals surface area contributed by atoms with Gasteiger partial charge in [-0.2, -0.15) is 5.26 Å². The van der Waals surface area contributed by atoms with Crippen LogP contribution in [0.25, 0.3) is 0 Å². The predicted molar refractivity (Wildman–Crippen MR) is 63.4 cm³/mol. The van der Waals surface area contributed by atoms with Crippen LogP contribution in [0.4, 0.5) is 0 Å². The van der Waals surface area contributed by atoms with E-state index in [1.54, 1.807) is 0 Å². The first-order valence-corrected chi connectivity index (χ1v) is 5.21. The summed E-state index contributed by atoms with van der Waals surface area (Å²) < 4.78 is 0. The Hall–Kier alpha value is -1.55. The normalized spacial score (nSPS) is 11.8. The van der Waals surface area contributed by atoms with Gasteiger partial charge in [0.2, 0.25) is 0 Å². The van der Waals surface area contributed by atoms with Gasteiger partial charge < -0.3 is 0 Å². The molecule has 1 radical (unpaired) electrons. The first-order chi connectivity index (χ1) is 7.22. The molecule has 0 bridgehead atoms. The third-order valence-electron chi connectivity index (χ3n) is 2.48. The number of benzene rings is 1. The first-order valence-electron chi connectivity index (χ1n) is 5.21. The molecule has 0 N–H and O–H groups in total. The SMILES string of the molecule is [CH2]C(C=C)c1cc(C#N)ccc1CCC. The highest BCUT2D eigenvalue weighted by atomic mass is 14.2. The molecule has 0 heterocycles. The van der Waals surface area contributed by atoms with Crippen LogP contribution in [-0.4, -0.2) is 0 Å². The number of allylic oxidation sites excluding steroid dienone is 1. The molecule has 77 valence electrons. The smallest absolute Gasteiger partial charge is 0.0991 e. The Morgan fingerprint density at radius 1 is 1.53 bits per heavy atom. The Balaban J connectivity index is 3.16.